The van der Waals surface area contributed by atoms with Crippen LogP contribution < -0.4 is 10.6 Å². The summed E-state index contributed by atoms with van der Waals surface area (Å²) in [7, 11) is 1.69. The minimum atomic E-state index is 0.165. The fraction of sp³-hybridized carbons (Fsp3) is 0.562. The Morgan fingerprint density at radius 3 is 2.55 bits per heavy atom. The lowest BCUT2D eigenvalue weighted by atomic mass is 9.94. The van der Waals surface area contributed by atoms with Gasteiger partial charge in [0.05, 0.1) is 6.61 Å². The molecule has 4 heteroatoms. The van der Waals surface area contributed by atoms with Crippen molar-refractivity contribution in [2.45, 2.75) is 32.4 Å². The lowest BCUT2D eigenvalue weighted by Gasteiger charge is -2.21. The topological polar surface area (TPSA) is 50.4 Å². The molecule has 0 spiro atoms. The molecule has 1 fully saturated rings. The van der Waals surface area contributed by atoms with Crippen molar-refractivity contribution in [3.8, 4) is 0 Å². The summed E-state index contributed by atoms with van der Waals surface area (Å²) in [6, 6.07) is 8.16. The first-order valence-electron chi connectivity index (χ1n) is 7.32. The molecule has 1 heterocycles. The van der Waals surface area contributed by atoms with E-state index in [-0.39, 0.29) is 5.91 Å². The highest BCUT2D eigenvalue weighted by molar-refractivity contribution is 5.76. The SMILES string of the molecule is COCc1ccc(CNC(=O)CC2CCNCC2)cc1. The Bertz CT molecular complexity index is 411. The second-order valence-electron chi connectivity index (χ2n) is 5.42. The number of methoxy groups -OCH3 is 1. The molecule has 0 atom stereocenters. The van der Waals surface area contributed by atoms with Gasteiger partial charge >= 0.3 is 0 Å². The van der Waals surface area contributed by atoms with Crippen LogP contribution in [-0.4, -0.2) is 26.1 Å². The van der Waals surface area contributed by atoms with Gasteiger partial charge in [-0.2, -0.15) is 0 Å². The summed E-state index contributed by atoms with van der Waals surface area (Å²) >= 11 is 0. The van der Waals surface area contributed by atoms with E-state index >= 15 is 0 Å². The predicted molar refractivity (Wildman–Crippen MR) is 79.2 cm³/mol. The molecule has 0 saturated carbocycles. The zero-order chi connectivity index (χ0) is 14.2. The number of amides is 1. The van der Waals surface area contributed by atoms with E-state index in [2.05, 4.69) is 10.6 Å². The summed E-state index contributed by atoms with van der Waals surface area (Å²) < 4.78 is 5.08. The minimum absolute atomic E-state index is 0.165. The Morgan fingerprint density at radius 1 is 1.25 bits per heavy atom. The van der Waals surface area contributed by atoms with Crippen molar-refractivity contribution in [1.82, 2.24) is 10.6 Å². The molecule has 2 N–H and O–H groups in total. The van der Waals surface area contributed by atoms with E-state index in [0.29, 0.717) is 25.5 Å². The van der Waals surface area contributed by atoms with Crippen molar-refractivity contribution in [3.63, 3.8) is 0 Å². The van der Waals surface area contributed by atoms with Gasteiger partial charge in [0.1, 0.15) is 0 Å². The molecule has 1 aliphatic rings. The van der Waals surface area contributed by atoms with Crippen LogP contribution in [0.3, 0.4) is 0 Å². The molecule has 1 aliphatic heterocycles. The summed E-state index contributed by atoms with van der Waals surface area (Å²) in [6.07, 6.45) is 2.88. The van der Waals surface area contributed by atoms with Gasteiger partial charge in [-0.1, -0.05) is 24.3 Å². The normalized spacial score (nSPS) is 16.1. The molecular formula is C16H24N2O2. The van der Waals surface area contributed by atoms with Gasteiger partial charge in [0.15, 0.2) is 0 Å². The Hall–Kier alpha value is -1.39. The molecule has 0 bridgehead atoms. The lowest BCUT2D eigenvalue weighted by molar-refractivity contribution is -0.122. The minimum Gasteiger partial charge on any atom is -0.380 e. The van der Waals surface area contributed by atoms with E-state index in [9.17, 15) is 4.79 Å². The maximum Gasteiger partial charge on any atom is 0.220 e. The average molecular weight is 276 g/mol. The van der Waals surface area contributed by atoms with Gasteiger partial charge in [-0.05, 0) is 43.0 Å². The van der Waals surface area contributed by atoms with Gasteiger partial charge in [0, 0.05) is 20.1 Å². The molecule has 1 aromatic rings. The third-order valence-corrected chi connectivity index (χ3v) is 3.76. The molecular weight excluding hydrogens is 252 g/mol. The maximum atomic E-state index is 11.9. The van der Waals surface area contributed by atoms with E-state index in [1.54, 1.807) is 7.11 Å². The third-order valence-electron chi connectivity index (χ3n) is 3.76. The fourth-order valence-electron chi connectivity index (χ4n) is 2.54. The number of carbonyl (C=O) groups excluding carboxylic acids is 1. The summed E-state index contributed by atoms with van der Waals surface area (Å²) in [4.78, 5) is 11.9. The number of hydrogen-bond acceptors (Lipinski definition) is 3. The van der Waals surface area contributed by atoms with Crippen molar-refractivity contribution in [1.29, 1.82) is 0 Å². The number of rotatable bonds is 6. The molecule has 0 unspecified atom stereocenters. The quantitative estimate of drug-likeness (QED) is 0.833. The smallest absolute Gasteiger partial charge is 0.220 e. The zero-order valence-corrected chi connectivity index (χ0v) is 12.2. The van der Waals surface area contributed by atoms with Crippen molar-refractivity contribution in [3.05, 3.63) is 35.4 Å². The van der Waals surface area contributed by atoms with Gasteiger partial charge < -0.3 is 15.4 Å². The van der Waals surface area contributed by atoms with Crippen LogP contribution in [0.2, 0.25) is 0 Å². The monoisotopic (exact) mass is 276 g/mol. The number of nitrogens with one attached hydrogen (secondary N) is 2. The van der Waals surface area contributed by atoms with Crippen molar-refractivity contribution in [2.75, 3.05) is 20.2 Å². The third kappa shape index (κ3) is 4.94. The Kier molecular flexibility index (Phi) is 6.02. The Balaban J connectivity index is 1.72. The molecule has 0 aliphatic carbocycles. The van der Waals surface area contributed by atoms with Crippen LogP contribution in [0, 0.1) is 5.92 Å². The van der Waals surface area contributed by atoms with Crippen LogP contribution in [0.25, 0.3) is 0 Å². The van der Waals surface area contributed by atoms with Crippen LogP contribution in [0.1, 0.15) is 30.4 Å². The average Bonchev–Trinajstić information content (AvgIpc) is 2.48. The molecule has 110 valence electrons. The van der Waals surface area contributed by atoms with Crippen LogP contribution in [0.4, 0.5) is 0 Å². The van der Waals surface area contributed by atoms with E-state index < -0.39 is 0 Å². The number of benzene rings is 1. The molecule has 0 aromatic heterocycles. The first-order chi connectivity index (χ1) is 9.78. The van der Waals surface area contributed by atoms with Crippen molar-refractivity contribution in [2.24, 2.45) is 5.92 Å². The summed E-state index contributed by atoms with van der Waals surface area (Å²) in [5.41, 5.74) is 2.28. The van der Waals surface area contributed by atoms with E-state index in [1.165, 1.54) is 0 Å². The summed E-state index contributed by atoms with van der Waals surface area (Å²) in [5, 5.41) is 6.33. The lowest BCUT2D eigenvalue weighted by Crippen LogP contribution is -2.32. The van der Waals surface area contributed by atoms with E-state index in [0.717, 1.165) is 37.1 Å². The highest BCUT2D eigenvalue weighted by atomic mass is 16.5. The standard InChI is InChI=1S/C16H24N2O2/c1-20-12-15-4-2-14(3-5-15)11-18-16(19)10-13-6-8-17-9-7-13/h2-5,13,17H,6-12H2,1H3,(H,18,19). The van der Waals surface area contributed by atoms with Gasteiger partial charge in [-0.15, -0.1) is 0 Å². The van der Waals surface area contributed by atoms with Crippen molar-refractivity contribution >= 4 is 5.91 Å². The van der Waals surface area contributed by atoms with Crippen LogP contribution >= 0.6 is 0 Å². The molecule has 1 amide bonds. The Labute approximate surface area is 120 Å². The molecule has 0 radical (unpaired) electrons. The zero-order valence-electron chi connectivity index (χ0n) is 12.2. The summed E-state index contributed by atoms with van der Waals surface area (Å²) in [5.74, 6) is 0.707. The molecule has 1 aromatic carbocycles. The maximum absolute atomic E-state index is 11.9. The first kappa shape index (κ1) is 15.0. The van der Waals surface area contributed by atoms with Crippen molar-refractivity contribution < 1.29 is 9.53 Å². The predicted octanol–water partition coefficient (Wildman–Crippen LogP) is 1.84. The molecule has 1 saturated heterocycles. The van der Waals surface area contributed by atoms with Gasteiger partial charge in [-0.25, -0.2) is 0 Å². The molecule has 2 rings (SSSR count). The first-order valence-corrected chi connectivity index (χ1v) is 7.32. The molecule has 4 nitrogen and oxygen atoms in total. The fourth-order valence-corrected chi connectivity index (χ4v) is 2.54. The van der Waals surface area contributed by atoms with Gasteiger partial charge in [0.2, 0.25) is 5.91 Å². The van der Waals surface area contributed by atoms with Gasteiger partial charge in [-0.3, -0.25) is 4.79 Å². The molecule has 20 heavy (non-hydrogen) atoms. The second kappa shape index (κ2) is 8.02. The summed E-state index contributed by atoms with van der Waals surface area (Å²) in [6.45, 7) is 3.32. The number of ether oxygens (including phenoxy) is 1. The van der Waals surface area contributed by atoms with E-state index in [4.69, 9.17) is 4.74 Å². The highest BCUT2D eigenvalue weighted by Crippen LogP contribution is 2.15. The Morgan fingerprint density at radius 2 is 1.90 bits per heavy atom. The van der Waals surface area contributed by atoms with E-state index in [1.807, 2.05) is 24.3 Å². The second-order valence-corrected chi connectivity index (χ2v) is 5.42. The number of hydrogen-bond donors (Lipinski definition) is 2. The van der Waals surface area contributed by atoms with Gasteiger partial charge in [0.25, 0.3) is 0 Å². The van der Waals surface area contributed by atoms with Crippen LogP contribution in [0.5, 0.6) is 0 Å². The number of carbonyl (C=O) groups is 1. The largest absolute Gasteiger partial charge is 0.380 e. The highest BCUT2D eigenvalue weighted by Gasteiger charge is 2.16. The van der Waals surface area contributed by atoms with Crippen LogP contribution in [-0.2, 0) is 22.7 Å². The van der Waals surface area contributed by atoms with Crippen LogP contribution in [0.15, 0.2) is 24.3 Å². The number of piperidine rings is 1.